The number of rotatable bonds is 9. The fraction of sp³-hybridized carbons (Fsp3) is 0.435. The Morgan fingerprint density at radius 2 is 2.06 bits per heavy atom. The Labute approximate surface area is 194 Å². The van der Waals surface area contributed by atoms with Crippen molar-refractivity contribution in [3.8, 4) is 11.5 Å². The van der Waals surface area contributed by atoms with Crippen LogP contribution in [0.25, 0.3) is 0 Å². The third-order valence-corrected chi connectivity index (χ3v) is 5.52. The van der Waals surface area contributed by atoms with Crippen molar-refractivity contribution in [2.75, 3.05) is 26.9 Å². The average molecular weight is 470 g/mol. The number of hydrogen-bond donors (Lipinski definition) is 2. The molecule has 0 aromatic heterocycles. The molecule has 0 saturated carbocycles. The van der Waals surface area contributed by atoms with Crippen LogP contribution in [-0.4, -0.2) is 44.0 Å². The molecule has 6 nitrogen and oxygen atoms in total. The van der Waals surface area contributed by atoms with Crippen molar-refractivity contribution in [1.82, 2.24) is 5.32 Å². The van der Waals surface area contributed by atoms with Crippen molar-refractivity contribution in [1.29, 1.82) is 0 Å². The van der Waals surface area contributed by atoms with Crippen molar-refractivity contribution < 1.29 is 24.1 Å². The Morgan fingerprint density at radius 3 is 2.77 bits per heavy atom. The third kappa shape index (κ3) is 7.01. The van der Waals surface area contributed by atoms with E-state index in [-0.39, 0.29) is 31.0 Å². The van der Waals surface area contributed by atoms with Crippen LogP contribution >= 0.6 is 24.0 Å². The first-order valence-electron chi connectivity index (χ1n) is 10.1. The van der Waals surface area contributed by atoms with E-state index in [2.05, 4.69) is 11.4 Å². The number of benzene rings is 2. The van der Waals surface area contributed by atoms with Crippen molar-refractivity contribution in [2.45, 2.75) is 38.3 Å². The van der Waals surface area contributed by atoms with Crippen LogP contribution in [0.4, 0.5) is 0 Å². The number of esters is 1. The molecule has 1 aliphatic rings. The number of carbonyl (C=O) groups is 1. The van der Waals surface area contributed by atoms with Gasteiger partial charge in [0.25, 0.3) is 0 Å². The van der Waals surface area contributed by atoms with Crippen LogP contribution in [0.15, 0.2) is 36.4 Å². The highest BCUT2D eigenvalue weighted by Gasteiger charge is 2.20. The van der Waals surface area contributed by atoms with Gasteiger partial charge in [0.15, 0.2) is 6.61 Å². The summed E-state index contributed by atoms with van der Waals surface area (Å²) in [5, 5.41) is 14.5. The highest BCUT2D eigenvalue weighted by Crippen LogP contribution is 2.28. The first kappa shape index (κ1) is 25.3. The second-order valence-electron chi connectivity index (χ2n) is 7.28. The van der Waals surface area contributed by atoms with Crippen LogP contribution in [0, 0.1) is 0 Å². The molecule has 0 bridgehead atoms. The van der Waals surface area contributed by atoms with Crippen molar-refractivity contribution >= 4 is 30.0 Å². The minimum absolute atomic E-state index is 0. The minimum Gasteiger partial charge on any atom is -0.495 e. The minimum atomic E-state index is -0.658. The van der Waals surface area contributed by atoms with Gasteiger partial charge >= 0.3 is 5.97 Å². The molecule has 0 spiro atoms. The van der Waals surface area contributed by atoms with E-state index in [0.29, 0.717) is 29.7 Å². The maximum absolute atomic E-state index is 11.5. The van der Waals surface area contributed by atoms with E-state index in [1.165, 1.54) is 11.1 Å². The molecule has 2 aromatic carbocycles. The molecule has 0 radical (unpaired) electrons. The number of aryl methyl sites for hydroxylation is 1. The monoisotopic (exact) mass is 469 g/mol. The zero-order valence-corrected chi connectivity index (χ0v) is 19.3. The molecule has 2 atom stereocenters. The molecule has 0 heterocycles. The third-order valence-electron chi connectivity index (χ3n) is 5.23. The average Bonchev–Trinajstić information content (AvgIpc) is 2.75. The number of methoxy groups -OCH3 is 1. The lowest BCUT2D eigenvalue weighted by atomic mass is 9.88. The van der Waals surface area contributed by atoms with Gasteiger partial charge in [-0.2, -0.15) is 0 Å². The van der Waals surface area contributed by atoms with Crippen LogP contribution in [-0.2, 0) is 22.4 Å². The maximum atomic E-state index is 11.5. The summed E-state index contributed by atoms with van der Waals surface area (Å²) in [6.45, 7) is 2.45. The molecule has 0 aliphatic heterocycles. The fourth-order valence-electron chi connectivity index (χ4n) is 3.63. The summed E-state index contributed by atoms with van der Waals surface area (Å²) in [6.07, 6.45) is 2.12. The molecule has 3 rings (SSSR count). The van der Waals surface area contributed by atoms with Gasteiger partial charge in [0, 0.05) is 12.6 Å². The second-order valence-corrected chi connectivity index (χ2v) is 7.69. The van der Waals surface area contributed by atoms with E-state index >= 15 is 0 Å². The second kappa shape index (κ2) is 12.2. The molecular weight excluding hydrogens is 441 g/mol. The van der Waals surface area contributed by atoms with Gasteiger partial charge in [-0.1, -0.05) is 23.7 Å². The van der Waals surface area contributed by atoms with Gasteiger partial charge in [-0.15, -0.1) is 12.4 Å². The molecule has 0 saturated heterocycles. The van der Waals surface area contributed by atoms with Gasteiger partial charge < -0.3 is 24.6 Å². The molecule has 2 N–H and O–H groups in total. The normalized spacial score (nSPS) is 15.9. The lowest BCUT2D eigenvalue weighted by Crippen LogP contribution is -2.37. The first-order valence-corrected chi connectivity index (χ1v) is 10.5. The Hall–Kier alpha value is -1.99. The number of ether oxygens (including phenoxy) is 3. The maximum Gasteiger partial charge on any atom is 0.344 e. The predicted molar refractivity (Wildman–Crippen MR) is 123 cm³/mol. The van der Waals surface area contributed by atoms with E-state index < -0.39 is 6.10 Å². The Balaban J connectivity index is 0.00000341. The zero-order chi connectivity index (χ0) is 21.5. The summed E-state index contributed by atoms with van der Waals surface area (Å²) in [5.74, 6) is 0.878. The van der Waals surface area contributed by atoms with Gasteiger partial charge in [-0.3, -0.25) is 0 Å². The summed E-state index contributed by atoms with van der Waals surface area (Å²) >= 11 is 6.16. The van der Waals surface area contributed by atoms with Crippen molar-refractivity contribution in [3.05, 3.63) is 58.1 Å². The highest BCUT2D eigenvalue weighted by molar-refractivity contribution is 6.32. The Bertz CT molecular complexity index is 877. The van der Waals surface area contributed by atoms with E-state index in [9.17, 15) is 9.90 Å². The van der Waals surface area contributed by atoms with Gasteiger partial charge in [-0.05, 0) is 67.1 Å². The summed E-state index contributed by atoms with van der Waals surface area (Å²) in [5.41, 5.74) is 3.24. The summed E-state index contributed by atoms with van der Waals surface area (Å²) in [6, 6.07) is 11.5. The van der Waals surface area contributed by atoms with E-state index in [1.807, 2.05) is 18.2 Å². The van der Waals surface area contributed by atoms with E-state index in [1.54, 1.807) is 26.2 Å². The number of fused-ring (bicyclic) bond motifs is 1. The smallest absolute Gasteiger partial charge is 0.344 e. The Kier molecular flexibility index (Phi) is 9.91. The molecule has 31 heavy (non-hydrogen) atoms. The number of hydrogen-bond acceptors (Lipinski definition) is 6. The highest BCUT2D eigenvalue weighted by atomic mass is 35.5. The van der Waals surface area contributed by atoms with E-state index in [4.69, 9.17) is 25.8 Å². The standard InChI is InChI=1S/C23H28ClNO5.ClH/c1-3-29-23(27)14-30-19-8-5-15-4-7-18(10-17(15)11-19)25-13-21(26)16-6-9-22(28-2)20(24)12-16;/h5-6,8-9,11-12,18,21,25-26H,3-4,7,10,13-14H2,1-2H3;1H/t18-,21+;/m0./s1. The SMILES string of the molecule is CCOC(=O)COc1ccc2c(c1)C[C@@H](NC[C@@H](O)c1ccc(OC)c(Cl)c1)CC2.Cl. The molecule has 8 heteroatoms. The quantitative estimate of drug-likeness (QED) is 0.542. The predicted octanol–water partition coefficient (Wildman–Crippen LogP) is 3.89. The largest absolute Gasteiger partial charge is 0.495 e. The fourth-order valence-corrected chi connectivity index (χ4v) is 3.89. The molecule has 2 aromatic rings. The summed E-state index contributed by atoms with van der Waals surface area (Å²) in [4.78, 5) is 11.5. The van der Waals surface area contributed by atoms with Gasteiger partial charge in [-0.25, -0.2) is 4.79 Å². The lowest BCUT2D eigenvalue weighted by Gasteiger charge is -2.27. The van der Waals surface area contributed by atoms with Gasteiger partial charge in [0.1, 0.15) is 11.5 Å². The van der Waals surface area contributed by atoms with Crippen LogP contribution in [0.1, 0.15) is 36.1 Å². The molecule has 0 amide bonds. The van der Waals surface area contributed by atoms with Crippen LogP contribution < -0.4 is 14.8 Å². The van der Waals surface area contributed by atoms with Crippen LogP contribution in [0.3, 0.4) is 0 Å². The molecule has 0 unspecified atom stereocenters. The zero-order valence-electron chi connectivity index (χ0n) is 17.7. The number of carbonyl (C=O) groups excluding carboxylic acids is 1. The topological polar surface area (TPSA) is 77.0 Å². The van der Waals surface area contributed by atoms with Crippen molar-refractivity contribution in [3.63, 3.8) is 0 Å². The number of aliphatic hydroxyl groups is 1. The molecule has 0 fully saturated rings. The van der Waals surface area contributed by atoms with Gasteiger partial charge in [0.05, 0.1) is 24.8 Å². The number of halogens is 2. The Morgan fingerprint density at radius 1 is 1.26 bits per heavy atom. The van der Waals surface area contributed by atoms with E-state index in [0.717, 1.165) is 24.8 Å². The number of nitrogens with one attached hydrogen (secondary N) is 1. The van der Waals surface area contributed by atoms with Gasteiger partial charge in [0.2, 0.25) is 0 Å². The number of aliphatic hydroxyl groups excluding tert-OH is 1. The lowest BCUT2D eigenvalue weighted by molar-refractivity contribution is -0.145. The molecule has 1 aliphatic carbocycles. The first-order chi connectivity index (χ1) is 14.5. The van der Waals surface area contributed by atoms with Crippen molar-refractivity contribution in [2.24, 2.45) is 0 Å². The summed E-state index contributed by atoms with van der Waals surface area (Å²) in [7, 11) is 1.56. The molecular formula is C23H29Cl2NO5. The van der Waals surface area contributed by atoms with Crippen LogP contribution in [0.2, 0.25) is 5.02 Å². The van der Waals surface area contributed by atoms with Crippen LogP contribution in [0.5, 0.6) is 11.5 Å². The summed E-state index contributed by atoms with van der Waals surface area (Å²) < 4.78 is 15.6. The molecule has 170 valence electrons.